The Morgan fingerprint density at radius 2 is 2.29 bits per heavy atom. The van der Waals surface area contributed by atoms with Crippen LogP contribution in [0.25, 0.3) is 10.4 Å². The number of nitrogens with zero attached hydrogens (tertiary/aromatic N) is 4. The van der Waals surface area contributed by atoms with E-state index in [9.17, 15) is 0 Å². The molecule has 0 aromatic carbocycles. The summed E-state index contributed by atoms with van der Waals surface area (Å²) in [5.74, 6) is 0. The van der Waals surface area contributed by atoms with Gasteiger partial charge in [-0.05, 0) is 5.53 Å². The lowest BCUT2D eigenvalue weighted by atomic mass is 9.92. The molecular weight excluding hydrogens is 182 g/mol. The molecule has 1 saturated heterocycles. The summed E-state index contributed by atoms with van der Waals surface area (Å²) in [7, 11) is 0. The van der Waals surface area contributed by atoms with Gasteiger partial charge in [0.25, 0.3) is 0 Å². The average Bonchev–Trinajstić information content (AvgIpc) is 2.26. The van der Waals surface area contributed by atoms with Crippen molar-refractivity contribution in [1.82, 2.24) is 5.32 Å². The first-order valence-corrected chi connectivity index (χ1v) is 4.58. The minimum Gasteiger partial charge on any atom is -0.381 e. The molecule has 0 bridgehead atoms. The lowest BCUT2D eigenvalue weighted by molar-refractivity contribution is 0.0584. The molecular formula is C8H13N5O. The van der Waals surface area contributed by atoms with E-state index in [0.29, 0.717) is 39.1 Å². The molecule has 1 rings (SSSR count). The Morgan fingerprint density at radius 3 is 2.86 bits per heavy atom. The third kappa shape index (κ3) is 2.89. The molecule has 0 saturated carbocycles. The van der Waals surface area contributed by atoms with Crippen molar-refractivity contribution < 1.29 is 4.74 Å². The smallest absolute Gasteiger partial charge is 0.111 e. The maximum atomic E-state index is 9.03. The molecule has 6 heteroatoms. The second-order valence-electron chi connectivity index (χ2n) is 3.19. The summed E-state index contributed by atoms with van der Waals surface area (Å²) < 4.78 is 5.18. The quantitative estimate of drug-likeness (QED) is 0.313. The van der Waals surface area contributed by atoms with Crippen molar-refractivity contribution in [3.63, 3.8) is 0 Å². The van der Waals surface area contributed by atoms with Gasteiger partial charge in [0.05, 0.1) is 6.07 Å². The standard InChI is InChI=1S/C8H13N5O/c9-7-8(1-5-14-6-2-8)11-3-4-12-13-10/h11H,1-6H2. The first-order valence-electron chi connectivity index (χ1n) is 4.58. The van der Waals surface area contributed by atoms with E-state index in [4.69, 9.17) is 15.5 Å². The van der Waals surface area contributed by atoms with E-state index in [0.717, 1.165) is 0 Å². The number of rotatable bonds is 4. The van der Waals surface area contributed by atoms with E-state index in [-0.39, 0.29) is 0 Å². The summed E-state index contributed by atoms with van der Waals surface area (Å²) in [6.07, 6.45) is 1.39. The fourth-order valence-electron chi connectivity index (χ4n) is 1.44. The molecule has 76 valence electrons. The van der Waals surface area contributed by atoms with E-state index in [1.807, 2.05) is 0 Å². The largest absolute Gasteiger partial charge is 0.381 e. The molecule has 0 aromatic heterocycles. The molecule has 0 atom stereocenters. The molecule has 6 nitrogen and oxygen atoms in total. The highest BCUT2D eigenvalue weighted by atomic mass is 16.5. The lowest BCUT2D eigenvalue weighted by Gasteiger charge is -2.31. The van der Waals surface area contributed by atoms with Crippen LogP contribution in [-0.4, -0.2) is 31.8 Å². The number of azide groups is 1. The Kier molecular flexibility index (Phi) is 4.20. The Bertz CT molecular complexity index is 259. The molecule has 0 unspecified atom stereocenters. The monoisotopic (exact) mass is 195 g/mol. The molecule has 0 spiro atoms. The molecule has 1 aliphatic heterocycles. The van der Waals surface area contributed by atoms with E-state index >= 15 is 0 Å². The van der Waals surface area contributed by atoms with E-state index in [1.54, 1.807) is 0 Å². The summed E-state index contributed by atoms with van der Waals surface area (Å²) >= 11 is 0. The van der Waals surface area contributed by atoms with Gasteiger partial charge in [0, 0.05) is 44.1 Å². The van der Waals surface area contributed by atoms with Gasteiger partial charge in [0.1, 0.15) is 5.54 Å². The van der Waals surface area contributed by atoms with Gasteiger partial charge < -0.3 is 4.74 Å². The lowest BCUT2D eigenvalue weighted by Crippen LogP contribution is -2.49. The van der Waals surface area contributed by atoms with Crippen molar-refractivity contribution in [3.05, 3.63) is 10.4 Å². The highest BCUT2D eigenvalue weighted by molar-refractivity contribution is 5.08. The summed E-state index contributed by atoms with van der Waals surface area (Å²) in [6.45, 7) is 2.14. The average molecular weight is 195 g/mol. The Hall–Kier alpha value is -1.28. The number of ether oxygens (including phenoxy) is 1. The SMILES string of the molecule is N#CC1(NCCN=[N+]=[N-])CCOCC1. The second-order valence-corrected chi connectivity index (χ2v) is 3.19. The van der Waals surface area contributed by atoms with Gasteiger partial charge in [0.15, 0.2) is 0 Å². The molecule has 0 amide bonds. The molecule has 0 aromatic rings. The molecule has 1 heterocycles. The highest BCUT2D eigenvalue weighted by Gasteiger charge is 2.31. The van der Waals surface area contributed by atoms with Crippen LogP contribution in [0.2, 0.25) is 0 Å². The van der Waals surface area contributed by atoms with Crippen LogP contribution in [0, 0.1) is 11.3 Å². The minimum atomic E-state index is -0.483. The van der Waals surface area contributed by atoms with Crippen molar-refractivity contribution in [3.8, 4) is 6.07 Å². The fourth-order valence-corrected chi connectivity index (χ4v) is 1.44. The third-order valence-corrected chi connectivity index (χ3v) is 2.30. The van der Waals surface area contributed by atoms with Gasteiger partial charge in [-0.3, -0.25) is 5.32 Å². The topological polar surface area (TPSA) is 93.8 Å². The predicted molar refractivity (Wildman–Crippen MR) is 50.4 cm³/mol. The van der Waals surface area contributed by atoms with Crippen LogP contribution < -0.4 is 5.32 Å². The van der Waals surface area contributed by atoms with Gasteiger partial charge in [-0.2, -0.15) is 5.26 Å². The molecule has 1 N–H and O–H groups in total. The Balaban J connectivity index is 2.37. The van der Waals surface area contributed by atoms with Crippen LogP contribution >= 0.6 is 0 Å². The van der Waals surface area contributed by atoms with Crippen LogP contribution in [0.5, 0.6) is 0 Å². The summed E-state index contributed by atoms with van der Waals surface area (Å²) in [4.78, 5) is 2.64. The normalized spacial score (nSPS) is 19.4. The summed E-state index contributed by atoms with van der Waals surface area (Å²) in [5, 5.41) is 15.5. The fraction of sp³-hybridized carbons (Fsp3) is 0.875. The van der Waals surface area contributed by atoms with E-state index < -0.39 is 5.54 Å². The zero-order chi connectivity index (χ0) is 10.3. The molecule has 0 aliphatic carbocycles. The first kappa shape index (κ1) is 10.8. The van der Waals surface area contributed by atoms with Crippen molar-refractivity contribution in [2.75, 3.05) is 26.3 Å². The number of nitriles is 1. The first-order chi connectivity index (χ1) is 6.83. The van der Waals surface area contributed by atoms with Gasteiger partial charge in [-0.15, -0.1) is 0 Å². The van der Waals surface area contributed by atoms with E-state index in [2.05, 4.69) is 21.4 Å². The second kappa shape index (κ2) is 5.45. The maximum Gasteiger partial charge on any atom is 0.111 e. The molecule has 14 heavy (non-hydrogen) atoms. The number of hydrogen-bond acceptors (Lipinski definition) is 4. The number of hydrogen-bond donors (Lipinski definition) is 1. The zero-order valence-corrected chi connectivity index (χ0v) is 7.94. The maximum absolute atomic E-state index is 9.03. The minimum absolute atomic E-state index is 0.376. The Morgan fingerprint density at radius 1 is 1.57 bits per heavy atom. The van der Waals surface area contributed by atoms with Gasteiger partial charge in [-0.1, -0.05) is 5.11 Å². The van der Waals surface area contributed by atoms with E-state index in [1.165, 1.54) is 0 Å². The van der Waals surface area contributed by atoms with Crippen molar-refractivity contribution in [1.29, 1.82) is 5.26 Å². The van der Waals surface area contributed by atoms with Crippen molar-refractivity contribution in [2.24, 2.45) is 5.11 Å². The van der Waals surface area contributed by atoms with Crippen LogP contribution in [0.3, 0.4) is 0 Å². The molecule has 1 aliphatic rings. The van der Waals surface area contributed by atoms with Gasteiger partial charge in [0.2, 0.25) is 0 Å². The molecule has 1 fully saturated rings. The third-order valence-electron chi connectivity index (χ3n) is 2.30. The highest BCUT2D eigenvalue weighted by Crippen LogP contribution is 2.19. The van der Waals surface area contributed by atoms with Crippen LogP contribution in [0.4, 0.5) is 0 Å². The number of nitrogens with one attached hydrogen (secondary N) is 1. The predicted octanol–water partition coefficient (Wildman–Crippen LogP) is 0.959. The molecule has 0 radical (unpaired) electrons. The van der Waals surface area contributed by atoms with Gasteiger partial charge in [-0.25, -0.2) is 0 Å². The zero-order valence-electron chi connectivity index (χ0n) is 7.94. The van der Waals surface area contributed by atoms with Crippen LogP contribution in [0.15, 0.2) is 5.11 Å². The van der Waals surface area contributed by atoms with Gasteiger partial charge >= 0.3 is 0 Å². The Labute approximate surface area is 82.5 Å². The summed E-state index contributed by atoms with van der Waals surface area (Å²) in [5.41, 5.74) is 7.59. The van der Waals surface area contributed by atoms with Crippen molar-refractivity contribution >= 4 is 0 Å². The van der Waals surface area contributed by atoms with Crippen molar-refractivity contribution in [2.45, 2.75) is 18.4 Å². The van der Waals surface area contributed by atoms with Crippen LogP contribution in [0.1, 0.15) is 12.8 Å². The van der Waals surface area contributed by atoms with Crippen LogP contribution in [-0.2, 0) is 4.74 Å². The summed E-state index contributed by atoms with van der Waals surface area (Å²) in [6, 6.07) is 2.27.